The van der Waals surface area contributed by atoms with Gasteiger partial charge in [-0.3, -0.25) is 4.57 Å². The van der Waals surface area contributed by atoms with Crippen LogP contribution in [0.5, 0.6) is 0 Å². The minimum absolute atomic E-state index is 0.0238. The zero-order valence-electron chi connectivity index (χ0n) is 9.33. The molecule has 0 saturated heterocycles. The lowest BCUT2D eigenvalue weighted by Gasteiger charge is -2.07. The topological polar surface area (TPSA) is 64.3 Å². The van der Waals surface area contributed by atoms with E-state index in [-0.39, 0.29) is 12.3 Å². The zero-order valence-corrected chi connectivity index (χ0v) is 9.33. The van der Waals surface area contributed by atoms with Gasteiger partial charge in [-0.15, -0.1) is 0 Å². The minimum Gasteiger partial charge on any atom is -0.476 e. The van der Waals surface area contributed by atoms with E-state index in [4.69, 9.17) is 9.84 Å². The maximum absolute atomic E-state index is 11.0. The highest BCUT2D eigenvalue weighted by Crippen LogP contribution is 2.15. The Morgan fingerprint density at radius 1 is 1.41 bits per heavy atom. The van der Waals surface area contributed by atoms with Gasteiger partial charge in [0.15, 0.2) is 5.69 Å². The fourth-order valence-electron chi connectivity index (χ4n) is 1.64. The maximum atomic E-state index is 11.0. The Bertz CT molecular complexity index is 520. The Labute approximate surface area is 98.3 Å². The first-order valence-corrected chi connectivity index (χ1v) is 5.08. The van der Waals surface area contributed by atoms with Gasteiger partial charge in [0.25, 0.3) is 0 Å². The van der Waals surface area contributed by atoms with E-state index in [1.54, 1.807) is 4.57 Å². The molecule has 0 saturated carbocycles. The minimum atomic E-state index is -1.05. The number of hydrogen-bond acceptors (Lipinski definition) is 3. The average molecular weight is 232 g/mol. The van der Waals surface area contributed by atoms with Crippen LogP contribution in [-0.4, -0.2) is 27.7 Å². The summed E-state index contributed by atoms with van der Waals surface area (Å²) >= 11 is 0. The van der Waals surface area contributed by atoms with Crippen LogP contribution >= 0.6 is 0 Å². The predicted octanol–water partition coefficient (Wildman–Crippen LogP) is 1.72. The first-order valence-electron chi connectivity index (χ1n) is 5.08. The van der Waals surface area contributed by atoms with Crippen LogP contribution in [0.4, 0.5) is 0 Å². The van der Waals surface area contributed by atoms with E-state index in [1.807, 2.05) is 30.3 Å². The normalized spacial score (nSPS) is 10.4. The number of imidazole rings is 1. The molecule has 0 fully saturated rings. The van der Waals surface area contributed by atoms with E-state index in [0.717, 1.165) is 5.69 Å². The smallest absolute Gasteiger partial charge is 0.356 e. The van der Waals surface area contributed by atoms with Crippen LogP contribution in [-0.2, 0) is 11.3 Å². The van der Waals surface area contributed by atoms with Gasteiger partial charge in [0.1, 0.15) is 6.33 Å². The Morgan fingerprint density at radius 2 is 2.12 bits per heavy atom. The second-order valence-electron chi connectivity index (χ2n) is 3.48. The number of carbonyl (C=O) groups is 1. The van der Waals surface area contributed by atoms with E-state index < -0.39 is 5.97 Å². The van der Waals surface area contributed by atoms with Gasteiger partial charge >= 0.3 is 5.97 Å². The van der Waals surface area contributed by atoms with Crippen LogP contribution in [0.2, 0.25) is 0 Å². The molecule has 0 unspecified atom stereocenters. The molecule has 0 radical (unpaired) electrons. The number of aromatic carboxylic acids is 1. The van der Waals surface area contributed by atoms with Gasteiger partial charge in [-0.1, -0.05) is 18.2 Å². The van der Waals surface area contributed by atoms with E-state index in [1.165, 1.54) is 13.4 Å². The van der Waals surface area contributed by atoms with Crippen LogP contribution in [0, 0.1) is 0 Å². The maximum Gasteiger partial charge on any atom is 0.356 e. The molecule has 17 heavy (non-hydrogen) atoms. The van der Waals surface area contributed by atoms with Crippen LogP contribution in [0.25, 0.3) is 5.69 Å². The molecule has 0 amide bonds. The summed E-state index contributed by atoms with van der Waals surface area (Å²) in [4.78, 5) is 14.9. The summed E-state index contributed by atoms with van der Waals surface area (Å²) in [6.07, 6.45) is 1.49. The molecule has 0 aliphatic carbocycles. The van der Waals surface area contributed by atoms with Crippen molar-refractivity contribution < 1.29 is 14.6 Å². The van der Waals surface area contributed by atoms with Crippen molar-refractivity contribution in [1.29, 1.82) is 0 Å². The van der Waals surface area contributed by atoms with Crippen molar-refractivity contribution in [2.45, 2.75) is 6.61 Å². The monoisotopic (exact) mass is 232 g/mol. The summed E-state index contributed by atoms with van der Waals surface area (Å²) in [6, 6.07) is 9.42. The average Bonchev–Trinajstić information content (AvgIpc) is 2.75. The van der Waals surface area contributed by atoms with Gasteiger partial charge in [-0.25, -0.2) is 9.78 Å². The number of ether oxygens (including phenoxy) is 1. The van der Waals surface area contributed by atoms with E-state index >= 15 is 0 Å². The van der Waals surface area contributed by atoms with Crippen molar-refractivity contribution in [3.8, 4) is 5.69 Å². The van der Waals surface area contributed by atoms with Crippen LogP contribution in [0.15, 0.2) is 36.7 Å². The van der Waals surface area contributed by atoms with Crippen molar-refractivity contribution in [2.24, 2.45) is 0 Å². The molecular weight excluding hydrogens is 220 g/mol. The first-order chi connectivity index (χ1) is 8.24. The van der Waals surface area contributed by atoms with Crippen LogP contribution < -0.4 is 0 Å². The van der Waals surface area contributed by atoms with Crippen molar-refractivity contribution >= 4 is 5.97 Å². The molecule has 2 rings (SSSR count). The lowest BCUT2D eigenvalue weighted by molar-refractivity contribution is 0.0685. The number of aromatic nitrogens is 2. The second kappa shape index (κ2) is 4.80. The van der Waals surface area contributed by atoms with E-state index in [0.29, 0.717) is 5.69 Å². The number of para-hydroxylation sites is 1. The molecule has 1 aromatic carbocycles. The number of nitrogens with zero attached hydrogens (tertiary/aromatic N) is 2. The van der Waals surface area contributed by atoms with Gasteiger partial charge in [-0.05, 0) is 12.1 Å². The summed E-state index contributed by atoms with van der Waals surface area (Å²) in [5, 5.41) is 9.02. The SMILES string of the molecule is COCc1c(C(=O)O)ncn1-c1ccccc1. The standard InChI is InChI=1S/C12H12N2O3/c1-17-7-10-11(12(15)16)13-8-14(10)9-5-3-2-4-6-9/h2-6,8H,7H2,1H3,(H,15,16). The predicted molar refractivity (Wildman–Crippen MR) is 61.2 cm³/mol. The fourth-order valence-corrected chi connectivity index (χ4v) is 1.64. The summed E-state index contributed by atoms with van der Waals surface area (Å²) in [5.74, 6) is -1.05. The molecule has 5 heteroatoms. The van der Waals surface area contributed by atoms with Gasteiger partial charge in [0.2, 0.25) is 0 Å². The first kappa shape index (κ1) is 11.3. The van der Waals surface area contributed by atoms with Gasteiger partial charge in [0, 0.05) is 12.8 Å². The molecule has 2 aromatic rings. The molecule has 1 heterocycles. The van der Waals surface area contributed by atoms with Crippen molar-refractivity contribution in [3.05, 3.63) is 48.0 Å². The number of carboxylic acids is 1. The molecule has 5 nitrogen and oxygen atoms in total. The second-order valence-corrected chi connectivity index (χ2v) is 3.48. The van der Waals surface area contributed by atoms with Crippen LogP contribution in [0.1, 0.15) is 16.2 Å². The summed E-state index contributed by atoms with van der Waals surface area (Å²) in [7, 11) is 1.52. The van der Waals surface area contributed by atoms with Gasteiger partial charge < -0.3 is 9.84 Å². The summed E-state index contributed by atoms with van der Waals surface area (Å²) < 4.78 is 6.73. The Morgan fingerprint density at radius 3 is 2.71 bits per heavy atom. The molecule has 0 spiro atoms. The van der Waals surface area contributed by atoms with E-state index in [2.05, 4.69) is 4.98 Å². The zero-order chi connectivity index (χ0) is 12.3. The number of methoxy groups -OCH3 is 1. The number of carboxylic acid groups (broad SMARTS) is 1. The van der Waals surface area contributed by atoms with Crippen molar-refractivity contribution in [2.75, 3.05) is 7.11 Å². The number of rotatable bonds is 4. The molecule has 0 aliphatic rings. The molecule has 1 N–H and O–H groups in total. The molecule has 0 aliphatic heterocycles. The molecule has 0 atom stereocenters. The number of hydrogen-bond donors (Lipinski definition) is 1. The Balaban J connectivity index is 2.51. The lowest BCUT2D eigenvalue weighted by atomic mass is 10.3. The molecular formula is C12H12N2O3. The number of benzene rings is 1. The van der Waals surface area contributed by atoms with Crippen molar-refractivity contribution in [1.82, 2.24) is 9.55 Å². The third-order valence-corrected chi connectivity index (χ3v) is 2.38. The highest BCUT2D eigenvalue weighted by molar-refractivity contribution is 5.86. The van der Waals surface area contributed by atoms with Crippen LogP contribution in [0.3, 0.4) is 0 Å². The highest BCUT2D eigenvalue weighted by atomic mass is 16.5. The third kappa shape index (κ3) is 2.19. The summed E-state index contributed by atoms with van der Waals surface area (Å²) in [5.41, 5.74) is 1.42. The van der Waals surface area contributed by atoms with Crippen molar-refractivity contribution in [3.63, 3.8) is 0 Å². The quantitative estimate of drug-likeness (QED) is 0.871. The van der Waals surface area contributed by atoms with Gasteiger partial charge in [-0.2, -0.15) is 0 Å². The molecule has 0 bridgehead atoms. The lowest BCUT2D eigenvalue weighted by Crippen LogP contribution is -2.07. The molecule has 1 aromatic heterocycles. The van der Waals surface area contributed by atoms with Gasteiger partial charge in [0.05, 0.1) is 12.3 Å². The third-order valence-electron chi connectivity index (χ3n) is 2.38. The van der Waals surface area contributed by atoms with E-state index in [9.17, 15) is 4.79 Å². The fraction of sp³-hybridized carbons (Fsp3) is 0.167. The Kier molecular flexibility index (Phi) is 3.20. The summed E-state index contributed by atoms with van der Waals surface area (Å²) in [6.45, 7) is 0.205. The molecule has 88 valence electrons. The highest BCUT2D eigenvalue weighted by Gasteiger charge is 2.17. The Hall–Kier alpha value is -2.14. The largest absolute Gasteiger partial charge is 0.476 e.